The Labute approximate surface area is 111 Å². The molecule has 0 fully saturated rings. The lowest BCUT2D eigenvalue weighted by atomic mass is 10.3. The van der Waals surface area contributed by atoms with Gasteiger partial charge in [0.2, 0.25) is 0 Å². The zero-order chi connectivity index (χ0) is 13.7. The molecule has 0 aromatic carbocycles. The minimum Gasteiger partial charge on any atom is -0.457 e. The van der Waals surface area contributed by atoms with Gasteiger partial charge in [0.25, 0.3) is 0 Å². The molecule has 0 aliphatic carbocycles. The van der Waals surface area contributed by atoms with Crippen LogP contribution in [0.5, 0.6) is 0 Å². The summed E-state index contributed by atoms with van der Waals surface area (Å²) in [5.74, 6) is 1.96. The summed E-state index contributed by atoms with van der Waals surface area (Å²) in [6.45, 7) is 1.75. The van der Waals surface area contributed by atoms with E-state index in [9.17, 15) is 4.79 Å². The van der Waals surface area contributed by atoms with Crippen molar-refractivity contribution in [2.24, 2.45) is 0 Å². The third-order valence-corrected chi connectivity index (χ3v) is 2.44. The summed E-state index contributed by atoms with van der Waals surface area (Å²) in [5, 5.41) is 4.09. The van der Waals surface area contributed by atoms with Crippen LogP contribution in [0.25, 0.3) is 5.69 Å². The first-order chi connectivity index (χ1) is 9.20. The Balaban J connectivity index is 2.15. The van der Waals surface area contributed by atoms with Crippen LogP contribution < -0.4 is 0 Å². The van der Waals surface area contributed by atoms with E-state index in [0.29, 0.717) is 6.42 Å². The van der Waals surface area contributed by atoms with E-state index in [1.165, 1.54) is 0 Å². The number of nitrogens with zero attached hydrogens (tertiary/aromatic N) is 3. The molecule has 0 N–H and O–H groups in total. The highest BCUT2D eigenvalue weighted by Crippen LogP contribution is 2.09. The quantitative estimate of drug-likeness (QED) is 0.618. The van der Waals surface area contributed by atoms with Gasteiger partial charge in [-0.2, -0.15) is 5.10 Å². The van der Waals surface area contributed by atoms with Crippen LogP contribution in [0.3, 0.4) is 0 Å². The number of esters is 1. The lowest BCUT2D eigenvalue weighted by Gasteiger charge is -2.10. The van der Waals surface area contributed by atoms with Gasteiger partial charge in [-0.1, -0.05) is 0 Å². The predicted molar refractivity (Wildman–Crippen MR) is 69.7 cm³/mol. The van der Waals surface area contributed by atoms with Gasteiger partial charge in [0, 0.05) is 25.0 Å². The first-order valence-corrected chi connectivity index (χ1v) is 5.81. The zero-order valence-electron chi connectivity index (χ0n) is 10.5. The Morgan fingerprint density at radius 1 is 1.58 bits per heavy atom. The Bertz CT molecular complexity index is 599. The Hall–Kier alpha value is -2.61. The number of rotatable bonds is 4. The molecule has 2 aromatic rings. The summed E-state index contributed by atoms with van der Waals surface area (Å²) < 4.78 is 6.82. The van der Waals surface area contributed by atoms with Crippen molar-refractivity contribution in [2.75, 3.05) is 0 Å². The molecule has 19 heavy (non-hydrogen) atoms. The first kappa shape index (κ1) is 12.8. The number of ether oxygens (including phenoxy) is 1. The summed E-state index contributed by atoms with van der Waals surface area (Å²) in [7, 11) is 0. The number of hydrogen-bond acceptors (Lipinski definition) is 4. The number of carbonyl (C=O) groups excluding carboxylic acids is 1. The van der Waals surface area contributed by atoms with Crippen LogP contribution in [0.4, 0.5) is 0 Å². The average Bonchev–Trinajstić information content (AvgIpc) is 2.93. The molecular weight excluding hydrogens is 242 g/mol. The van der Waals surface area contributed by atoms with E-state index in [2.05, 4.69) is 16.0 Å². The molecule has 1 atom stereocenters. The normalized spacial score (nSPS) is 11.6. The van der Waals surface area contributed by atoms with Crippen molar-refractivity contribution in [1.82, 2.24) is 14.8 Å². The highest BCUT2D eigenvalue weighted by atomic mass is 16.5. The molecule has 0 aliphatic heterocycles. The molecule has 0 bridgehead atoms. The Morgan fingerprint density at radius 3 is 3.11 bits per heavy atom. The fourth-order valence-corrected chi connectivity index (χ4v) is 1.55. The van der Waals surface area contributed by atoms with Crippen LogP contribution in [-0.4, -0.2) is 26.8 Å². The summed E-state index contributed by atoms with van der Waals surface area (Å²) in [6.07, 6.45) is 10.2. The van der Waals surface area contributed by atoms with E-state index in [1.807, 2.05) is 0 Å². The van der Waals surface area contributed by atoms with Crippen LogP contribution in [0.2, 0.25) is 0 Å². The van der Waals surface area contributed by atoms with Gasteiger partial charge in [-0.15, -0.1) is 12.3 Å². The molecule has 2 heterocycles. The molecule has 1 unspecified atom stereocenters. The molecule has 0 saturated heterocycles. The number of aromatic nitrogens is 3. The number of carbonyl (C=O) groups is 1. The number of pyridine rings is 1. The second-order valence-corrected chi connectivity index (χ2v) is 3.97. The van der Waals surface area contributed by atoms with Crippen molar-refractivity contribution >= 4 is 5.97 Å². The molecule has 0 saturated carbocycles. The van der Waals surface area contributed by atoms with Crippen molar-refractivity contribution in [2.45, 2.75) is 19.4 Å². The van der Waals surface area contributed by atoms with Gasteiger partial charge >= 0.3 is 5.97 Å². The summed E-state index contributed by atoms with van der Waals surface area (Å²) in [5.41, 5.74) is 0.980. The van der Waals surface area contributed by atoms with Gasteiger partial charge in [0.1, 0.15) is 6.10 Å². The van der Waals surface area contributed by atoms with Crippen molar-refractivity contribution in [1.29, 1.82) is 0 Å². The molecular formula is C14H13N3O2. The second kappa shape index (κ2) is 5.83. The van der Waals surface area contributed by atoms with Crippen LogP contribution >= 0.6 is 0 Å². The molecule has 2 rings (SSSR count). The Morgan fingerprint density at radius 2 is 2.42 bits per heavy atom. The van der Waals surface area contributed by atoms with Crippen molar-refractivity contribution < 1.29 is 9.53 Å². The molecule has 96 valence electrons. The smallest absolute Gasteiger partial charge is 0.357 e. The van der Waals surface area contributed by atoms with Crippen LogP contribution in [0, 0.1) is 12.3 Å². The van der Waals surface area contributed by atoms with Crippen LogP contribution in [0.1, 0.15) is 23.8 Å². The lowest BCUT2D eigenvalue weighted by Crippen LogP contribution is -2.16. The average molecular weight is 255 g/mol. The molecule has 0 radical (unpaired) electrons. The zero-order valence-corrected chi connectivity index (χ0v) is 10.5. The highest BCUT2D eigenvalue weighted by molar-refractivity contribution is 5.87. The van der Waals surface area contributed by atoms with Crippen LogP contribution in [-0.2, 0) is 4.74 Å². The van der Waals surface area contributed by atoms with Crippen LogP contribution in [0.15, 0.2) is 36.8 Å². The minimum atomic E-state index is -0.489. The first-order valence-electron chi connectivity index (χ1n) is 5.81. The van der Waals surface area contributed by atoms with Crippen molar-refractivity contribution in [3.63, 3.8) is 0 Å². The van der Waals surface area contributed by atoms with E-state index in [1.54, 1.807) is 48.4 Å². The standard InChI is InChI=1S/C14H13N3O2/c1-3-5-11(2)19-14(18)13-10-12(6-8-15-13)17-9-4-7-16-17/h1,4,6-11H,5H2,2H3. The summed E-state index contributed by atoms with van der Waals surface area (Å²) >= 11 is 0. The van der Waals surface area contributed by atoms with Gasteiger partial charge in [-0.3, -0.25) is 0 Å². The Kier molecular flexibility index (Phi) is 3.94. The molecule has 5 nitrogen and oxygen atoms in total. The molecule has 0 amide bonds. The summed E-state index contributed by atoms with van der Waals surface area (Å²) in [6, 6.07) is 5.18. The SMILES string of the molecule is C#CCC(C)OC(=O)c1cc(-n2cccn2)ccn1. The second-order valence-electron chi connectivity index (χ2n) is 3.97. The van der Waals surface area contributed by atoms with E-state index < -0.39 is 5.97 Å². The van der Waals surface area contributed by atoms with E-state index in [-0.39, 0.29) is 11.8 Å². The van der Waals surface area contributed by atoms with Crippen molar-refractivity contribution in [3.05, 3.63) is 42.5 Å². The summed E-state index contributed by atoms with van der Waals surface area (Å²) in [4.78, 5) is 15.9. The maximum atomic E-state index is 11.9. The maximum absolute atomic E-state index is 11.9. The van der Waals surface area contributed by atoms with Crippen molar-refractivity contribution in [3.8, 4) is 18.0 Å². The largest absolute Gasteiger partial charge is 0.457 e. The number of hydrogen-bond donors (Lipinski definition) is 0. The third-order valence-electron chi connectivity index (χ3n) is 2.44. The van der Waals surface area contributed by atoms with E-state index >= 15 is 0 Å². The van der Waals surface area contributed by atoms with Gasteiger partial charge < -0.3 is 4.74 Å². The van der Waals surface area contributed by atoms with Gasteiger partial charge in [0.05, 0.1) is 5.69 Å². The third kappa shape index (κ3) is 3.19. The predicted octanol–water partition coefficient (Wildman–Crippen LogP) is 1.84. The molecule has 5 heteroatoms. The van der Waals surface area contributed by atoms with E-state index in [0.717, 1.165) is 5.69 Å². The fourth-order valence-electron chi connectivity index (χ4n) is 1.55. The fraction of sp³-hybridized carbons (Fsp3) is 0.214. The monoisotopic (exact) mass is 255 g/mol. The minimum absolute atomic E-state index is 0.233. The maximum Gasteiger partial charge on any atom is 0.357 e. The van der Waals surface area contributed by atoms with Gasteiger partial charge in [-0.25, -0.2) is 14.5 Å². The topological polar surface area (TPSA) is 57.0 Å². The highest BCUT2D eigenvalue weighted by Gasteiger charge is 2.13. The van der Waals surface area contributed by atoms with Gasteiger partial charge in [-0.05, 0) is 25.1 Å². The van der Waals surface area contributed by atoms with E-state index in [4.69, 9.17) is 11.2 Å². The van der Waals surface area contributed by atoms with Gasteiger partial charge in [0.15, 0.2) is 5.69 Å². The molecule has 0 spiro atoms. The lowest BCUT2D eigenvalue weighted by molar-refractivity contribution is 0.0345. The molecule has 2 aromatic heterocycles. The molecule has 0 aliphatic rings. The number of terminal acetylenes is 1.